The first-order valence-electron chi connectivity index (χ1n) is 6.54. The summed E-state index contributed by atoms with van der Waals surface area (Å²) in [4.78, 5) is 11.4. The number of ether oxygens (including phenoxy) is 2. The minimum absolute atomic E-state index is 0.236. The Kier molecular flexibility index (Phi) is 8.75. The van der Waals surface area contributed by atoms with Gasteiger partial charge in [0, 0.05) is 26.3 Å². The van der Waals surface area contributed by atoms with Gasteiger partial charge in [-0.05, 0) is 47.1 Å². The van der Waals surface area contributed by atoms with Crippen molar-refractivity contribution in [3.05, 3.63) is 0 Å². The summed E-state index contributed by atoms with van der Waals surface area (Å²) in [5.41, 5.74) is -0.444. The number of amides is 1. The van der Waals surface area contributed by atoms with Gasteiger partial charge in [-0.3, -0.25) is 0 Å². The molecule has 2 N–H and O–H groups in total. The molecular formula is C13H28N2O3. The normalized spacial score (nSPS) is 13.2. The Morgan fingerprint density at radius 2 is 1.94 bits per heavy atom. The summed E-state index contributed by atoms with van der Waals surface area (Å²) in [5.74, 6) is 0. The van der Waals surface area contributed by atoms with Crippen LogP contribution in [0.5, 0.6) is 0 Å². The van der Waals surface area contributed by atoms with E-state index in [0.29, 0.717) is 6.54 Å². The van der Waals surface area contributed by atoms with Crippen LogP contribution in [-0.2, 0) is 9.47 Å². The lowest BCUT2D eigenvalue weighted by Crippen LogP contribution is -2.41. The molecular weight excluding hydrogens is 232 g/mol. The molecule has 0 aliphatic rings. The van der Waals surface area contributed by atoms with Crippen molar-refractivity contribution in [3.8, 4) is 0 Å². The second-order valence-electron chi connectivity index (χ2n) is 5.44. The van der Waals surface area contributed by atoms with Gasteiger partial charge in [0.1, 0.15) is 5.60 Å². The Balaban J connectivity index is 3.52. The zero-order valence-corrected chi connectivity index (χ0v) is 12.3. The summed E-state index contributed by atoms with van der Waals surface area (Å²) in [7, 11) is 1.71. The highest BCUT2D eigenvalue weighted by Gasteiger charge is 2.16. The number of hydrogen-bond acceptors (Lipinski definition) is 4. The fraction of sp³-hybridized carbons (Fsp3) is 0.923. The van der Waals surface area contributed by atoms with Crippen LogP contribution in [0.4, 0.5) is 4.79 Å². The molecule has 1 unspecified atom stereocenters. The lowest BCUT2D eigenvalue weighted by molar-refractivity contribution is 0.0523. The van der Waals surface area contributed by atoms with Crippen molar-refractivity contribution in [2.75, 3.05) is 26.8 Å². The molecule has 0 fully saturated rings. The van der Waals surface area contributed by atoms with Gasteiger partial charge in [-0.1, -0.05) is 0 Å². The molecule has 5 nitrogen and oxygen atoms in total. The first kappa shape index (κ1) is 17.2. The molecule has 1 atom stereocenters. The number of rotatable bonds is 8. The predicted octanol–water partition coefficient (Wildman–Crippen LogP) is 1.92. The highest BCUT2D eigenvalue weighted by atomic mass is 16.6. The molecule has 5 heteroatoms. The van der Waals surface area contributed by atoms with E-state index in [-0.39, 0.29) is 12.1 Å². The molecule has 0 radical (unpaired) electrons. The summed E-state index contributed by atoms with van der Waals surface area (Å²) in [6.45, 7) is 9.89. The van der Waals surface area contributed by atoms with Gasteiger partial charge in [0.15, 0.2) is 0 Å². The van der Waals surface area contributed by atoms with Gasteiger partial charge in [0.2, 0.25) is 0 Å². The highest BCUT2D eigenvalue weighted by molar-refractivity contribution is 5.67. The third-order valence-corrected chi connectivity index (χ3v) is 2.22. The topological polar surface area (TPSA) is 59.6 Å². The largest absolute Gasteiger partial charge is 0.444 e. The zero-order chi connectivity index (χ0) is 14.0. The number of hydrogen-bond donors (Lipinski definition) is 2. The summed E-state index contributed by atoms with van der Waals surface area (Å²) in [5, 5.41) is 6.08. The Morgan fingerprint density at radius 3 is 2.50 bits per heavy atom. The minimum Gasteiger partial charge on any atom is -0.444 e. The molecule has 0 bridgehead atoms. The van der Waals surface area contributed by atoms with Gasteiger partial charge in [-0.2, -0.15) is 0 Å². The number of unbranched alkanes of at least 4 members (excludes halogenated alkanes) is 1. The second kappa shape index (κ2) is 9.16. The smallest absolute Gasteiger partial charge is 0.407 e. The van der Waals surface area contributed by atoms with Gasteiger partial charge in [-0.25, -0.2) is 4.79 Å². The van der Waals surface area contributed by atoms with Crippen LogP contribution in [0.15, 0.2) is 0 Å². The summed E-state index contributed by atoms with van der Waals surface area (Å²) < 4.78 is 10.1. The van der Waals surface area contributed by atoms with Crippen LogP contribution < -0.4 is 10.6 Å². The van der Waals surface area contributed by atoms with Crippen LogP contribution in [0.2, 0.25) is 0 Å². The van der Waals surface area contributed by atoms with E-state index in [4.69, 9.17) is 9.47 Å². The Bertz CT molecular complexity index is 227. The van der Waals surface area contributed by atoms with Crippen LogP contribution in [0.3, 0.4) is 0 Å². The molecule has 0 saturated heterocycles. The van der Waals surface area contributed by atoms with E-state index < -0.39 is 5.60 Å². The maximum atomic E-state index is 11.4. The van der Waals surface area contributed by atoms with E-state index in [2.05, 4.69) is 10.6 Å². The minimum atomic E-state index is -0.444. The van der Waals surface area contributed by atoms with E-state index in [1.165, 1.54) is 0 Å². The van der Waals surface area contributed by atoms with Crippen molar-refractivity contribution in [3.63, 3.8) is 0 Å². The molecule has 0 heterocycles. The van der Waals surface area contributed by atoms with Crippen molar-refractivity contribution >= 4 is 6.09 Å². The first-order chi connectivity index (χ1) is 8.35. The van der Waals surface area contributed by atoms with Crippen LogP contribution in [0.25, 0.3) is 0 Å². The molecule has 0 aliphatic heterocycles. The van der Waals surface area contributed by atoms with E-state index in [0.717, 1.165) is 26.0 Å². The second-order valence-corrected chi connectivity index (χ2v) is 5.44. The average molecular weight is 260 g/mol. The van der Waals surface area contributed by atoms with Crippen LogP contribution >= 0.6 is 0 Å². The molecule has 18 heavy (non-hydrogen) atoms. The standard InChI is InChI=1S/C13H28N2O3/c1-11(14-8-6-7-9-17-5)10-15-12(16)18-13(2,3)4/h11,14H,6-10H2,1-5H3,(H,15,16). The molecule has 0 saturated carbocycles. The predicted molar refractivity (Wildman–Crippen MR) is 72.8 cm³/mol. The molecule has 0 aliphatic carbocycles. The maximum absolute atomic E-state index is 11.4. The SMILES string of the molecule is COCCCCNC(C)CNC(=O)OC(C)(C)C. The quantitative estimate of drug-likeness (QED) is 0.655. The summed E-state index contributed by atoms with van der Waals surface area (Å²) in [6, 6.07) is 0.236. The molecule has 0 aromatic carbocycles. The van der Waals surface area contributed by atoms with Gasteiger partial charge in [0.05, 0.1) is 0 Å². The Labute approximate surface area is 111 Å². The van der Waals surface area contributed by atoms with Gasteiger partial charge in [-0.15, -0.1) is 0 Å². The van der Waals surface area contributed by atoms with Gasteiger partial charge in [0.25, 0.3) is 0 Å². The van der Waals surface area contributed by atoms with E-state index in [1.54, 1.807) is 7.11 Å². The van der Waals surface area contributed by atoms with Crippen molar-refractivity contribution < 1.29 is 14.3 Å². The first-order valence-corrected chi connectivity index (χ1v) is 6.54. The molecule has 0 aromatic heterocycles. The van der Waals surface area contributed by atoms with Crippen molar-refractivity contribution in [1.82, 2.24) is 10.6 Å². The molecule has 108 valence electrons. The van der Waals surface area contributed by atoms with E-state index in [9.17, 15) is 4.79 Å². The highest BCUT2D eigenvalue weighted by Crippen LogP contribution is 2.06. The maximum Gasteiger partial charge on any atom is 0.407 e. The van der Waals surface area contributed by atoms with Crippen LogP contribution in [0.1, 0.15) is 40.5 Å². The van der Waals surface area contributed by atoms with Gasteiger partial charge < -0.3 is 20.1 Å². The average Bonchev–Trinajstić information content (AvgIpc) is 2.24. The monoisotopic (exact) mass is 260 g/mol. The zero-order valence-electron chi connectivity index (χ0n) is 12.3. The van der Waals surface area contributed by atoms with Crippen molar-refractivity contribution in [1.29, 1.82) is 0 Å². The lowest BCUT2D eigenvalue weighted by atomic mass is 10.2. The Hall–Kier alpha value is -0.810. The van der Waals surface area contributed by atoms with E-state index >= 15 is 0 Å². The van der Waals surface area contributed by atoms with Crippen molar-refractivity contribution in [2.45, 2.75) is 52.2 Å². The molecule has 1 amide bonds. The molecule has 0 aromatic rings. The fourth-order valence-corrected chi connectivity index (χ4v) is 1.34. The number of carbonyl (C=O) groups is 1. The van der Waals surface area contributed by atoms with Crippen molar-refractivity contribution in [2.24, 2.45) is 0 Å². The van der Waals surface area contributed by atoms with Crippen LogP contribution in [-0.4, -0.2) is 44.5 Å². The van der Waals surface area contributed by atoms with Crippen LogP contribution in [0, 0.1) is 0 Å². The third-order valence-electron chi connectivity index (χ3n) is 2.22. The fourth-order valence-electron chi connectivity index (χ4n) is 1.34. The third kappa shape index (κ3) is 11.7. The number of alkyl carbamates (subject to hydrolysis) is 1. The summed E-state index contributed by atoms with van der Waals surface area (Å²) >= 11 is 0. The Morgan fingerprint density at radius 1 is 1.28 bits per heavy atom. The summed E-state index contributed by atoms with van der Waals surface area (Å²) in [6.07, 6.45) is 1.76. The number of methoxy groups -OCH3 is 1. The number of nitrogens with one attached hydrogen (secondary N) is 2. The van der Waals surface area contributed by atoms with Gasteiger partial charge >= 0.3 is 6.09 Å². The molecule has 0 rings (SSSR count). The lowest BCUT2D eigenvalue weighted by Gasteiger charge is -2.21. The molecule has 0 spiro atoms. The van der Waals surface area contributed by atoms with E-state index in [1.807, 2.05) is 27.7 Å². The number of carbonyl (C=O) groups excluding carboxylic acids is 1.